The van der Waals surface area contributed by atoms with Crippen LogP contribution in [-0.2, 0) is 4.79 Å². The van der Waals surface area contributed by atoms with Gasteiger partial charge in [0.25, 0.3) is 0 Å². The van der Waals surface area contributed by atoms with Crippen LogP contribution in [0.15, 0.2) is 48.5 Å². The van der Waals surface area contributed by atoms with Gasteiger partial charge in [0.1, 0.15) is 6.54 Å². The molecule has 110 valence electrons. The molecule has 1 N–H and O–H groups in total. The number of nitrogens with one attached hydrogen (secondary N) is 1. The number of hydrogen-bond donors (Lipinski definition) is 1. The molecular weight excluding hydrogens is 304 g/mol. The number of halogens is 1. The maximum Gasteiger partial charge on any atom is 0.329 e. The van der Waals surface area contributed by atoms with Gasteiger partial charge in [0.05, 0.1) is 5.02 Å². The first-order valence-electron chi connectivity index (χ1n) is 6.57. The zero-order chi connectivity index (χ0) is 15.7. The van der Waals surface area contributed by atoms with E-state index in [-0.39, 0.29) is 18.2 Å². The highest BCUT2D eigenvalue weighted by atomic mass is 35.5. The van der Waals surface area contributed by atoms with E-state index in [0.717, 1.165) is 0 Å². The summed E-state index contributed by atoms with van der Waals surface area (Å²) in [6.07, 6.45) is 0. The predicted molar refractivity (Wildman–Crippen MR) is 82.2 cm³/mol. The van der Waals surface area contributed by atoms with Gasteiger partial charge in [0.15, 0.2) is 5.78 Å². The molecule has 3 rings (SSSR count). The highest BCUT2D eigenvalue weighted by Gasteiger charge is 2.28. The summed E-state index contributed by atoms with van der Waals surface area (Å²) in [5.41, 5.74) is 1.28. The average molecular weight is 315 g/mol. The molecule has 0 atom stereocenters. The number of benzene rings is 2. The predicted octanol–water partition coefficient (Wildman–Crippen LogP) is 2.63. The first-order valence-corrected chi connectivity index (χ1v) is 6.95. The maximum atomic E-state index is 12.5. The van der Waals surface area contributed by atoms with Gasteiger partial charge in [0.2, 0.25) is 5.91 Å². The Morgan fingerprint density at radius 3 is 2.55 bits per heavy atom. The summed E-state index contributed by atoms with van der Waals surface area (Å²) in [6, 6.07) is 12.8. The molecular formula is C16H11ClN2O3. The molecule has 0 unspecified atom stereocenters. The number of ketones is 1. The molecule has 22 heavy (non-hydrogen) atoms. The number of hydrogen-bond acceptors (Lipinski definition) is 3. The minimum absolute atomic E-state index is 0.0530. The van der Waals surface area contributed by atoms with Gasteiger partial charge in [-0.2, -0.15) is 0 Å². The number of imide groups is 1. The van der Waals surface area contributed by atoms with Crippen LogP contribution < -0.4 is 10.2 Å². The molecule has 1 fully saturated rings. The number of urea groups is 1. The van der Waals surface area contributed by atoms with E-state index in [9.17, 15) is 14.4 Å². The van der Waals surface area contributed by atoms with Crippen LogP contribution in [0.2, 0.25) is 5.02 Å². The largest absolute Gasteiger partial charge is 0.329 e. The SMILES string of the molecule is O=C1CN(c2cccc(C(=O)c3ccccc3Cl)c2)C(=O)N1. The van der Waals surface area contributed by atoms with Crippen LogP contribution in [0.5, 0.6) is 0 Å². The quantitative estimate of drug-likeness (QED) is 0.699. The Hall–Kier alpha value is -2.66. The number of carbonyl (C=O) groups is 3. The second-order valence-electron chi connectivity index (χ2n) is 4.80. The summed E-state index contributed by atoms with van der Waals surface area (Å²) in [6.45, 7) is -0.0530. The van der Waals surface area contributed by atoms with Crippen LogP contribution in [-0.4, -0.2) is 24.3 Å². The molecule has 0 aliphatic carbocycles. The number of anilines is 1. The second kappa shape index (κ2) is 5.61. The first kappa shape index (κ1) is 14.3. The molecule has 3 amide bonds. The Bertz CT molecular complexity index is 788. The van der Waals surface area contributed by atoms with Crippen molar-refractivity contribution in [3.63, 3.8) is 0 Å². The van der Waals surface area contributed by atoms with Crippen molar-refractivity contribution in [1.29, 1.82) is 0 Å². The lowest BCUT2D eigenvalue weighted by atomic mass is 10.0. The van der Waals surface area contributed by atoms with Gasteiger partial charge in [-0.25, -0.2) is 4.79 Å². The van der Waals surface area contributed by atoms with Crippen molar-refractivity contribution in [2.45, 2.75) is 0 Å². The van der Waals surface area contributed by atoms with E-state index in [2.05, 4.69) is 5.32 Å². The molecule has 1 heterocycles. The van der Waals surface area contributed by atoms with E-state index >= 15 is 0 Å². The standard InChI is InChI=1S/C16H11ClN2O3/c17-13-7-2-1-6-12(13)15(21)10-4-3-5-11(8-10)19-9-14(20)18-16(19)22/h1-8H,9H2,(H,18,20,22). The molecule has 1 aliphatic heterocycles. The van der Waals surface area contributed by atoms with Crippen molar-refractivity contribution in [3.05, 3.63) is 64.7 Å². The van der Waals surface area contributed by atoms with Gasteiger partial charge in [-0.3, -0.25) is 19.8 Å². The lowest BCUT2D eigenvalue weighted by Crippen LogP contribution is -2.28. The van der Waals surface area contributed by atoms with E-state index in [0.29, 0.717) is 21.8 Å². The monoisotopic (exact) mass is 314 g/mol. The smallest absolute Gasteiger partial charge is 0.289 e. The fourth-order valence-corrected chi connectivity index (χ4v) is 2.49. The van der Waals surface area contributed by atoms with Crippen molar-refractivity contribution < 1.29 is 14.4 Å². The summed E-state index contributed by atoms with van der Waals surface area (Å²) in [5, 5.41) is 2.56. The normalized spacial score (nSPS) is 14.1. The summed E-state index contributed by atoms with van der Waals surface area (Å²) < 4.78 is 0. The van der Waals surface area contributed by atoms with Crippen LogP contribution in [0.1, 0.15) is 15.9 Å². The second-order valence-corrected chi connectivity index (χ2v) is 5.21. The maximum absolute atomic E-state index is 12.5. The van der Waals surface area contributed by atoms with Gasteiger partial charge in [-0.1, -0.05) is 35.9 Å². The van der Waals surface area contributed by atoms with Crippen LogP contribution in [0.3, 0.4) is 0 Å². The third kappa shape index (κ3) is 2.58. The summed E-state index contributed by atoms with van der Waals surface area (Å²) in [5.74, 6) is -0.605. The number of nitrogens with zero attached hydrogens (tertiary/aromatic N) is 1. The van der Waals surface area contributed by atoms with E-state index < -0.39 is 6.03 Å². The van der Waals surface area contributed by atoms with Gasteiger partial charge < -0.3 is 0 Å². The van der Waals surface area contributed by atoms with Crippen molar-refractivity contribution in [1.82, 2.24) is 5.32 Å². The minimum atomic E-state index is -0.493. The zero-order valence-electron chi connectivity index (χ0n) is 11.4. The average Bonchev–Trinajstić information content (AvgIpc) is 2.86. The molecule has 2 aromatic rings. The highest BCUT2D eigenvalue weighted by Crippen LogP contribution is 2.23. The molecule has 0 saturated carbocycles. The van der Waals surface area contributed by atoms with Gasteiger partial charge in [0, 0.05) is 16.8 Å². The van der Waals surface area contributed by atoms with E-state index in [1.165, 1.54) is 4.90 Å². The molecule has 2 aromatic carbocycles. The summed E-state index contributed by atoms with van der Waals surface area (Å²) in [7, 11) is 0. The van der Waals surface area contributed by atoms with E-state index in [4.69, 9.17) is 11.6 Å². The minimum Gasteiger partial charge on any atom is -0.289 e. The Kier molecular flexibility index (Phi) is 3.65. The van der Waals surface area contributed by atoms with Crippen LogP contribution >= 0.6 is 11.6 Å². The Morgan fingerprint density at radius 1 is 1.09 bits per heavy atom. The third-order valence-electron chi connectivity index (χ3n) is 3.33. The summed E-state index contributed by atoms with van der Waals surface area (Å²) >= 11 is 6.04. The van der Waals surface area contributed by atoms with Crippen LogP contribution in [0, 0.1) is 0 Å². The molecule has 1 aliphatic rings. The molecule has 6 heteroatoms. The molecule has 1 saturated heterocycles. The lowest BCUT2D eigenvalue weighted by molar-refractivity contribution is -0.117. The van der Waals surface area contributed by atoms with Gasteiger partial charge in [-0.15, -0.1) is 0 Å². The number of rotatable bonds is 3. The fraction of sp³-hybridized carbons (Fsp3) is 0.0625. The van der Waals surface area contributed by atoms with E-state index in [1.807, 2.05) is 0 Å². The molecule has 0 bridgehead atoms. The Labute approximate surface area is 131 Å². The van der Waals surface area contributed by atoms with Crippen molar-refractivity contribution in [2.75, 3.05) is 11.4 Å². The van der Waals surface area contributed by atoms with Crippen molar-refractivity contribution >= 4 is 35.0 Å². The Morgan fingerprint density at radius 2 is 1.86 bits per heavy atom. The Balaban J connectivity index is 1.95. The molecule has 5 nitrogen and oxygen atoms in total. The lowest BCUT2D eigenvalue weighted by Gasteiger charge is -2.14. The van der Waals surface area contributed by atoms with Crippen LogP contribution in [0.4, 0.5) is 10.5 Å². The van der Waals surface area contributed by atoms with Crippen molar-refractivity contribution in [3.8, 4) is 0 Å². The zero-order valence-corrected chi connectivity index (χ0v) is 12.1. The fourth-order valence-electron chi connectivity index (χ4n) is 2.27. The molecule has 0 spiro atoms. The van der Waals surface area contributed by atoms with E-state index in [1.54, 1.807) is 48.5 Å². The molecule has 0 aromatic heterocycles. The molecule has 0 radical (unpaired) electrons. The number of carbonyl (C=O) groups excluding carboxylic acids is 3. The topological polar surface area (TPSA) is 66.5 Å². The van der Waals surface area contributed by atoms with Crippen LogP contribution in [0.25, 0.3) is 0 Å². The van der Waals surface area contributed by atoms with Crippen molar-refractivity contribution in [2.24, 2.45) is 0 Å². The summed E-state index contributed by atoms with van der Waals surface area (Å²) in [4.78, 5) is 36.7. The third-order valence-corrected chi connectivity index (χ3v) is 3.66. The van der Waals surface area contributed by atoms with Gasteiger partial charge in [-0.05, 0) is 24.3 Å². The van der Waals surface area contributed by atoms with Gasteiger partial charge >= 0.3 is 6.03 Å². The highest BCUT2D eigenvalue weighted by molar-refractivity contribution is 6.35. The first-order chi connectivity index (χ1) is 10.6. The number of amides is 3.